The van der Waals surface area contributed by atoms with Crippen molar-refractivity contribution in [1.82, 2.24) is 4.90 Å². The van der Waals surface area contributed by atoms with Gasteiger partial charge in [0.25, 0.3) is 0 Å². The first-order chi connectivity index (χ1) is 16.8. The third-order valence-corrected chi connectivity index (χ3v) is 5.50. The van der Waals surface area contributed by atoms with E-state index in [2.05, 4.69) is 24.3 Å². The number of ether oxygens (including phenoxy) is 3. The summed E-state index contributed by atoms with van der Waals surface area (Å²) >= 11 is 0. The molecule has 0 heterocycles. The summed E-state index contributed by atoms with van der Waals surface area (Å²) in [7, 11) is 1.37. The quantitative estimate of drug-likeness (QED) is 0.236. The summed E-state index contributed by atoms with van der Waals surface area (Å²) < 4.78 is 16.1. The fourth-order valence-electron chi connectivity index (χ4n) is 3.60. The molecule has 6 heteroatoms. The third kappa shape index (κ3) is 12.3. The van der Waals surface area contributed by atoms with Gasteiger partial charge in [-0.15, -0.1) is 0 Å². The average Bonchev–Trinajstić information content (AvgIpc) is 2.83. The fourth-order valence-corrected chi connectivity index (χ4v) is 3.60. The van der Waals surface area contributed by atoms with Crippen LogP contribution in [0.4, 0.5) is 4.79 Å². The maximum atomic E-state index is 12.6. The number of hydrogen-bond donors (Lipinski definition) is 0. The number of aryl methyl sites for hydroxylation is 1. The standard InChI is InChI=1S/C29H41NO5/c1-29(2,3)35-28(32)30(21-11-15-27(31)33-4)22-20-25-16-18-26(19-17-25)34-23-10-6-9-14-24-12-7-5-8-13-24/h5,7-8,12-13,16-19H,6,9-11,14-15,20-23H2,1-4H3. The van der Waals surface area contributed by atoms with E-state index in [0.29, 0.717) is 32.5 Å². The van der Waals surface area contributed by atoms with Crippen LogP contribution < -0.4 is 4.74 Å². The highest BCUT2D eigenvalue weighted by Gasteiger charge is 2.22. The van der Waals surface area contributed by atoms with Crippen LogP contribution in [0.2, 0.25) is 0 Å². The van der Waals surface area contributed by atoms with E-state index in [9.17, 15) is 9.59 Å². The Morgan fingerprint density at radius 2 is 1.49 bits per heavy atom. The Hall–Kier alpha value is -3.02. The Balaban J connectivity index is 1.73. The van der Waals surface area contributed by atoms with E-state index in [1.807, 2.05) is 51.1 Å². The molecule has 0 saturated carbocycles. The van der Waals surface area contributed by atoms with Gasteiger partial charge in [0, 0.05) is 19.5 Å². The molecule has 6 nitrogen and oxygen atoms in total. The number of unbranched alkanes of at least 4 members (excludes halogenated alkanes) is 2. The van der Waals surface area contributed by atoms with E-state index >= 15 is 0 Å². The predicted octanol–water partition coefficient (Wildman–Crippen LogP) is 6.21. The summed E-state index contributed by atoms with van der Waals surface area (Å²) in [6.45, 7) is 7.20. The van der Waals surface area contributed by atoms with E-state index in [0.717, 1.165) is 30.6 Å². The molecule has 0 aliphatic rings. The second kappa shape index (κ2) is 15.1. The van der Waals surface area contributed by atoms with Gasteiger partial charge in [0.05, 0.1) is 13.7 Å². The molecule has 0 aliphatic heterocycles. The lowest BCUT2D eigenvalue weighted by atomic mass is 10.1. The molecule has 0 unspecified atom stereocenters. The van der Waals surface area contributed by atoms with Crippen molar-refractivity contribution >= 4 is 12.1 Å². The van der Waals surface area contributed by atoms with E-state index in [1.54, 1.807) is 4.90 Å². The Morgan fingerprint density at radius 1 is 0.800 bits per heavy atom. The largest absolute Gasteiger partial charge is 0.494 e. The van der Waals surface area contributed by atoms with Gasteiger partial charge in [-0.05, 0) is 82.6 Å². The minimum atomic E-state index is -0.571. The topological polar surface area (TPSA) is 65.1 Å². The van der Waals surface area contributed by atoms with Crippen LogP contribution in [0.15, 0.2) is 54.6 Å². The van der Waals surface area contributed by atoms with Crippen LogP contribution in [0.3, 0.4) is 0 Å². The zero-order chi connectivity index (χ0) is 25.5. The van der Waals surface area contributed by atoms with Crippen LogP contribution in [0.1, 0.15) is 64.0 Å². The molecule has 1 amide bonds. The maximum absolute atomic E-state index is 12.6. The molecule has 2 rings (SSSR count). The molecule has 2 aromatic rings. The molecule has 0 aliphatic carbocycles. The van der Waals surface area contributed by atoms with Crippen LogP contribution in [0.5, 0.6) is 5.75 Å². The van der Waals surface area contributed by atoms with Gasteiger partial charge >= 0.3 is 12.1 Å². The van der Waals surface area contributed by atoms with Gasteiger partial charge in [0.15, 0.2) is 0 Å². The molecule has 0 atom stereocenters. The van der Waals surface area contributed by atoms with Crippen molar-refractivity contribution in [2.75, 3.05) is 26.8 Å². The molecular formula is C29H41NO5. The Labute approximate surface area is 210 Å². The predicted molar refractivity (Wildman–Crippen MR) is 139 cm³/mol. The Morgan fingerprint density at radius 3 is 2.14 bits per heavy atom. The zero-order valence-corrected chi connectivity index (χ0v) is 21.8. The second-order valence-electron chi connectivity index (χ2n) is 9.69. The van der Waals surface area contributed by atoms with Gasteiger partial charge in [0.1, 0.15) is 11.4 Å². The smallest absolute Gasteiger partial charge is 0.410 e. The first-order valence-corrected chi connectivity index (χ1v) is 12.6. The van der Waals surface area contributed by atoms with Gasteiger partial charge in [-0.3, -0.25) is 4.79 Å². The molecule has 35 heavy (non-hydrogen) atoms. The van der Waals surface area contributed by atoms with Crippen molar-refractivity contribution in [3.63, 3.8) is 0 Å². The molecule has 0 fully saturated rings. The molecule has 0 spiro atoms. The highest BCUT2D eigenvalue weighted by atomic mass is 16.6. The zero-order valence-electron chi connectivity index (χ0n) is 21.8. The number of hydrogen-bond acceptors (Lipinski definition) is 5. The number of esters is 1. The molecule has 0 saturated heterocycles. The number of methoxy groups -OCH3 is 1. The van der Waals surface area contributed by atoms with Gasteiger partial charge < -0.3 is 19.1 Å². The summed E-state index contributed by atoms with van der Waals surface area (Å²) in [4.78, 5) is 25.7. The van der Waals surface area contributed by atoms with Crippen molar-refractivity contribution in [3.8, 4) is 5.75 Å². The average molecular weight is 484 g/mol. The van der Waals surface area contributed by atoms with E-state index < -0.39 is 5.60 Å². The second-order valence-corrected chi connectivity index (χ2v) is 9.69. The maximum Gasteiger partial charge on any atom is 0.410 e. The van der Waals surface area contributed by atoms with Crippen LogP contribution in [-0.2, 0) is 27.1 Å². The highest BCUT2D eigenvalue weighted by molar-refractivity contribution is 5.70. The van der Waals surface area contributed by atoms with Crippen LogP contribution >= 0.6 is 0 Å². The highest BCUT2D eigenvalue weighted by Crippen LogP contribution is 2.16. The van der Waals surface area contributed by atoms with Crippen LogP contribution in [0.25, 0.3) is 0 Å². The number of carbonyl (C=O) groups excluding carboxylic acids is 2. The molecule has 192 valence electrons. The number of carbonyl (C=O) groups is 2. The third-order valence-electron chi connectivity index (χ3n) is 5.50. The number of nitrogens with zero attached hydrogens (tertiary/aromatic N) is 1. The van der Waals surface area contributed by atoms with E-state index in [-0.39, 0.29) is 18.5 Å². The minimum absolute atomic E-state index is 0.272. The Bertz CT molecular complexity index is 874. The molecular weight excluding hydrogens is 442 g/mol. The van der Waals surface area contributed by atoms with Crippen molar-refractivity contribution < 1.29 is 23.8 Å². The molecule has 0 bridgehead atoms. The lowest BCUT2D eigenvalue weighted by molar-refractivity contribution is -0.140. The number of benzene rings is 2. The van der Waals surface area contributed by atoms with Gasteiger partial charge in [-0.25, -0.2) is 4.79 Å². The van der Waals surface area contributed by atoms with E-state index in [4.69, 9.17) is 14.2 Å². The summed E-state index contributed by atoms with van der Waals surface area (Å²) in [6, 6.07) is 18.6. The monoisotopic (exact) mass is 483 g/mol. The molecule has 0 radical (unpaired) electrons. The number of rotatable bonds is 14. The van der Waals surface area contributed by atoms with Crippen molar-refractivity contribution in [1.29, 1.82) is 0 Å². The normalized spacial score (nSPS) is 11.1. The van der Waals surface area contributed by atoms with E-state index in [1.165, 1.54) is 19.1 Å². The number of amides is 1. The van der Waals surface area contributed by atoms with Gasteiger partial charge in [0.2, 0.25) is 0 Å². The van der Waals surface area contributed by atoms with Crippen LogP contribution in [-0.4, -0.2) is 49.4 Å². The first kappa shape index (κ1) is 28.2. The lowest BCUT2D eigenvalue weighted by Gasteiger charge is -2.27. The summed E-state index contributed by atoms with van der Waals surface area (Å²) in [5, 5.41) is 0. The van der Waals surface area contributed by atoms with Crippen molar-refractivity contribution in [2.45, 2.75) is 71.3 Å². The summed E-state index contributed by atoms with van der Waals surface area (Å²) in [5.74, 6) is 0.583. The minimum Gasteiger partial charge on any atom is -0.494 e. The lowest BCUT2D eigenvalue weighted by Crippen LogP contribution is -2.38. The Kier molecular flexibility index (Phi) is 12.2. The summed E-state index contributed by atoms with van der Waals surface area (Å²) in [6.07, 6.45) is 5.58. The fraction of sp³-hybridized carbons (Fsp3) is 0.517. The van der Waals surface area contributed by atoms with Crippen LogP contribution in [0, 0.1) is 0 Å². The van der Waals surface area contributed by atoms with Crippen molar-refractivity contribution in [3.05, 3.63) is 65.7 Å². The van der Waals surface area contributed by atoms with Gasteiger partial charge in [-0.1, -0.05) is 42.5 Å². The van der Waals surface area contributed by atoms with Gasteiger partial charge in [-0.2, -0.15) is 0 Å². The SMILES string of the molecule is COC(=O)CCCN(CCc1ccc(OCCCCCc2ccccc2)cc1)C(=O)OC(C)(C)C. The molecule has 0 N–H and O–H groups in total. The van der Waals surface area contributed by atoms with Crippen molar-refractivity contribution in [2.24, 2.45) is 0 Å². The molecule has 2 aromatic carbocycles. The summed E-state index contributed by atoms with van der Waals surface area (Å²) in [5.41, 5.74) is 1.93. The first-order valence-electron chi connectivity index (χ1n) is 12.6. The molecule has 0 aromatic heterocycles.